The van der Waals surface area contributed by atoms with Gasteiger partial charge < -0.3 is 4.90 Å². The third kappa shape index (κ3) is 2.53. The van der Waals surface area contributed by atoms with E-state index in [-0.39, 0.29) is 0 Å². The Balaban J connectivity index is 1.81. The third-order valence-corrected chi connectivity index (χ3v) is 4.09. The lowest BCUT2D eigenvalue weighted by molar-refractivity contribution is 0.661. The maximum atomic E-state index is 4.55. The highest BCUT2D eigenvalue weighted by Gasteiger charge is 2.45. The molecule has 0 aliphatic heterocycles. The van der Waals surface area contributed by atoms with Crippen molar-refractivity contribution >= 4 is 5.95 Å². The summed E-state index contributed by atoms with van der Waals surface area (Å²) in [5, 5.41) is 0. The molecule has 0 bridgehead atoms. The first-order chi connectivity index (χ1) is 9.59. The van der Waals surface area contributed by atoms with Gasteiger partial charge in [0.2, 0.25) is 5.95 Å². The fourth-order valence-corrected chi connectivity index (χ4v) is 2.88. The molecule has 2 aromatic rings. The molecule has 3 heteroatoms. The lowest BCUT2D eigenvalue weighted by atomic mass is 9.95. The number of nitrogens with zero attached hydrogens (tertiary/aromatic N) is 3. The SMILES string of the molecule is Cc1cc(C)nc(N(C)CC2(c3ccccc3)CC2)n1. The van der Waals surface area contributed by atoms with Crippen LogP contribution >= 0.6 is 0 Å². The van der Waals surface area contributed by atoms with Gasteiger partial charge in [0, 0.05) is 30.4 Å². The van der Waals surface area contributed by atoms with Crippen molar-refractivity contribution in [3.05, 3.63) is 53.3 Å². The lowest BCUT2D eigenvalue weighted by Gasteiger charge is -2.24. The summed E-state index contributed by atoms with van der Waals surface area (Å²) in [4.78, 5) is 11.3. The molecule has 1 saturated carbocycles. The summed E-state index contributed by atoms with van der Waals surface area (Å²) in [6, 6.07) is 12.8. The van der Waals surface area contributed by atoms with Crippen molar-refractivity contribution in [1.29, 1.82) is 0 Å². The third-order valence-electron chi connectivity index (χ3n) is 4.09. The molecular weight excluding hydrogens is 246 g/mol. The van der Waals surface area contributed by atoms with Gasteiger partial charge in [-0.1, -0.05) is 30.3 Å². The summed E-state index contributed by atoms with van der Waals surface area (Å²) in [5.41, 5.74) is 3.81. The monoisotopic (exact) mass is 267 g/mol. The second-order valence-corrected chi connectivity index (χ2v) is 5.95. The van der Waals surface area contributed by atoms with E-state index >= 15 is 0 Å². The van der Waals surface area contributed by atoms with Crippen LogP contribution in [0, 0.1) is 13.8 Å². The molecule has 0 saturated heterocycles. The predicted octanol–water partition coefficient (Wildman–Crippen LogP) is 3.26. The minimum atomic E-state index is 0.303. The zero-order chi connectivity index (χ0) is 14.2. The first-order valence-electron chi connectivity index (χ1n) is 7.18. The summed E-state index contributed by atoms with van der Waals surface area (Å²) in [7, 11) is 2.09. The zero-order valence-electron chi connectivity index (χ0n) is 12.4. The van der Waals surface area contributed by atoms with Gasteiger partial charge in [0.1, 0.15) is 0 Å². The quantitative estimate of drug-likeness (QED) is 0.851. The van der Waals surface area contributed by atoms with Crippen LogP contribution in [0.15, 0.2) is 36.4 Å². The number of anilines is 1. The first-order valence-corrected chi connectivity index (χ1v) is 7.18. The minimum Gasteiger partial charge on any atom is -0.343 e. The van der Waals surface area contributed by atoms with Crippen LogP contribution in [0.3, 0.4) is 0 Å². The second-order valence-electron chi connectivity index (χ2n) is 5.95. The standard InChI is InChI=1S/C17H21N3/c1-13-11-14(2)19-16(18-13)20(3)12-17(9-10-17)15-7-5-4-6-8-15/h4-8,11H,9-10,12H2,1-3H3. The fraction of sp³-hybridized carbons (Fsp3) is 0.412. The second kappa shape index (κ2) is 4.89. The van der Waals surface area contributed by atoms with Crippen LogP contribution in [0.1, 0.15) is 29.8 Å². The van der Waals surface area contributed by atoms with Crippen molar-refractivity contribution < 1.29 is 0 Å². The number of rotatable bonds is 4. The Kier molecular flexibility index (Phi) is 3.20. The summed E-state index contributed by atoms with van der Waals surface area (Å²) in [6.45, 7) is 5.03. The van der Waals surface area contributed by atoms with Gasteiger partial charge in [-0.25, -0.2) is 9.97 Å². The Morgan fingerprint density at radius 2 is 1.65 bits per heavy atom. The number of likely N-dealkylation sites (N-methyl/N-ethyl adjacent to an activating group) is 1. The summed E-state index contributed by atoms with van der Waals surface area (Å²) < 4.78 is 0. The van der Waals surface area contributed by atoms with Gasteiger partial charge in [-0.15, -0.1) is 0 Å². The summed E-state index contributed by atoms with van der Waals surface area (Å²) in [5.74, 6) is 0.838. The van der Waals surface area contributed by atoms with E-state index in [0.717, 1.165) is 23.9 Å². The van der Waals surface area contributed by atoms with Gasteiger partial charge in [0.25, 0.3) is 0 Å². The van der Waals surface area contributed by atoms with Crippen molar-refractivity contribution in [3.8, 4) is 0 Å². The molecule has 0 amide bonds. The predicted molar refractivity (Wildman–Crippen MR) is 82.1 cm³/mol. The van der Waals surface area contributed by atoms with E-state index in [4.69, 9.17) is 0 Å². The Hall–Kier alpha value is -1.90. The maximum Gasteiger partial charge on any atom is 0.225 e. The van der Waals surface area contributed by atoms with E-state index in [1.54, 1.807) is 0 Å². The Labute approximate surface area is 120 Å². The number of aryl methyl sites for hydroxylation is 2. The van der Waals surface area contributed by atoms with Crippen molar-refractivity contribution in [1.82, 2.24) is 9.97 Å². The molecule has 1 aromatic carbocycles. The van der Waals surface area contributed by atoms with Crippen molar-refractivity contribution in [2.24, 2.45) is 0 Å². The minimum absolute atomic E-state index is 0.303. The van der Waals surface area contributed by atoms with E-state index in [0.29, 0.717) is 5.41 Å². The topological polar surface area (TPSA) is 29.0 Å². The molecule has 0 N–H and O–H groups in total. The Bertz CT molecular complexity index is 583. The largest absolute Gasteiger partial charge is 0.343 e. The molecule has 0 spiro atoms. The van der Waals surface area contributed by atoms with Gasteiger partial charge in [-0.2, -0.15) is 0 Å². The van der Waals surface area contributed by atoms with E-state index < -0.39 is 0 Å². The van der Waals surface area contributed by atoms with Crippen LogP contribution < -0.4 is 4.90 Å². The van der Waals surface area contributed by atoms with Gasteiger partial charge in [-0.3, -0.25) is 0 Å². The van der Waals surface area contributed by atoms with Crippen LogP contribution in [0.5, 0.6) is 0 Å². The fourth-order valence-electron chi connectivity index (χ4n) is 2.88. The van der Waals surface area contributed by atoms with Crippen LogP contribution in [-0.4, -0.2) is 23.6 Å². The highest BCUT2D eigenvalue weighted by atomic mass is 15.2. The smallest absolute Gasteiger partial charge is 0.225 e. The molecule has 1 aliphatic carbocycles. The average molecular weight is 267 g/mol. The van der Waals surface area contributed by atoms with Gasteiger partial charge >= 0.3 is 0 Å². The maximum absolute atomic E-state index is 4.55. The van der Waals surface area contributed by atoms with Crippen LogP contribution in [-0.2, 0) is 5.41 Å². The van der Waals surface area contributed by atoms with Crippen molar-refractivity contribution in [2.45, 2.75) is 32.1 Å². The number of aromatic nitrogens is 2. The van der Waals surface area contributed by atoms with Crippen LogP contribution in [0.25, 0.3) is 0 Å². The molecule has 104 valence electrons. The zero-order valence-corrected chi connectivity index (χ0v) is 12.4. The van der Waals surface area contributed by atoms with Gasteiger partial charge in [0.15, 0.2) is 0 Å². The van der Waals surface area contributed by atoms with E-state index in [1.165, 1.54) is 18.4 Å². The first kappa shape index (κ1) is 13.1. The number of benzene rings is 1. The van der Waals surface area contributed by atoms with Crippen LogP contribution in [0.4, 0.5) is 5.95 Å². The Morgan fingerprint density at radius 3 is 2.20 bits per heavy atom. The van der Waals surface area contributed by atoms with E-state index in [9.17, 15) is 0 Å². The molecular formula is C17H21N3. The molecule has 0 radical (unpaired) electrons. The summed E-state index contributed by atoms with van der Waals surface area (Å²) >= 11 is 0. The molecule has 1 heterocycles. The molecule has 1 fully saturated rings. The molecule has 20 heavy (non-hydrogen) atoms. The van der Waals surface area contributed by atoms with Crippen molar-refractivity contribution in [2.75, 3.05) is 18.5 Å². The molecule has 1 aromatic heterocycles. The van der Waals surface area contributed by atoms with E-state index in [1.807, 2.05) is 19.9 Å². The highest BCUT2D eigenvalue weighted by molar-refractivity contribution is 5.38. The summed E-state index contributed by atoms with van der Waals surface area (Å²) in [6.07, 6.45) is 2.51. The van der Waals surface area contributed by atoms with Crippen LogP contribution in [0.2, 0.25) is 0 Å². The average Bonchev–Trinajstić information content (AvgIpc) is 3.19. The lowest BCUT2D eigenvalue weighted by Crippen LogP contribution is -2.30. The molecule has 3 rings (SSSR count). The number of hydrogen-bond acceptors (Lipinski definition) is 3. The van der Waals surface area contributed by atoms with E-state index in [2.05, 4.69) is 52.2 Å². The van der Waals surface area contributed by atoms with Crippen molar-refractivity contribution in [3.63, 3.8) is 0 Å². The molecule has 3 nitrogen and oxygen atoms in total. The van der Waals surface area contributed by atoms with Gasteiger partial charge in [0.05, 0.1) is 0 Å². The Morgan fingerprint density at radius 1 is 1.05 bits per heavy atom. The molecule has 1 aliphatic rings. The normalized spacial score (nSPS) is 15.9. The molecule has 0 atom stereocenters. The number of hydrogen-bond donors (Lipinski definition) is 0. The van der Waals surface area contributed by atoms with Gasteiger partial charge in [-0.05, 0) is 38.3 Å². The molecule has 0 unspecified atom stereocenters. The highest BCUT2D eigenvalue weighted by Crippen LogP contribution is 2.48.